The Labute approximate surface area is 142 Å². The molecular weight excluding hydrogens is 372 g/mol. The highest BCUT2D eigenvalue weighted by Gasteiger charge is 2.71. The number of aliphatic hydroxyl groups is 1. The molecule has 1 nitrogen and oxygen atoms in total. The van der Waals surface area contributed by atoms with Gasteiger partial charge in [-0.1, -0.05) is 42.0 Å². The lowest BCUT2D eigenvalue weighted by Crippen LogP contribution is -2.55. The summed E-state index contributed by atoms with van der Waals surface area (Å²) >= 11 is 0. The van der Waals surface area contributed by atoms with Crippen LogP contribution in [0, 0.1) is 6.92 Å². The highest BCUT2D eigenvalue weighted by Crippen LogP contribution is 2.52. The molecular formula is C17H12F8O. The van der Waals surface area contributed by atoms with Crippen LogP contribution in [-0.2, 0) is 11.8 Å². The molecule has 2 rings (SSSR count). The second kappa shape index (κ2) is 6.22. The number of benzene rings is 2. The highest BCUT2D eigenvalue weighted by molar-refractivity contribution is 5.42. The van der Waals surface area contributed by atoms with E-state index in [4.69, 9.17) is 0 Å². The Kier molecular flexibility index (Phi) is 4.82. The summed E-state index contributed by atoms with van der Waals surface area (Å²) in [6.45, 7) is 1.41. The van der Waals surface area contributed by atoms with E-state index in [9.17, 15) is 40.2 Å². The van der Waals surface area contributed by atoms with E-state index in [1.54, 1.807) is 0 Å². The number of rotatable bonds is 3. The molecule has 0 bridgehead atoms. The van der Waals surface area contributed by atoms with Crippen LogP contribution in [0.4, 0.5) is 35.1 Å². The van der Waals surface area contributed by atoms with Gasteiger partial charge in [0.2, 0.25) is 0 Å². The van der Waals surface area contributed by atoms with Gasteiger partial charge in [0, 0.05) is 0 Å². The summed E-state index contributed by atoms with van der Waals surface area (Å²) < 4.78 is 105. The first kappa shape index (κ1) is 20.2. The lowest BCUT2D eigenvalue weighted by molar-refractivity contribution is -0.336. The van der Waals surface area contributed by atoms with Crippen molar-refractivity contribution in [3.63, 3.8) is 0 Å². The van der Waals surface area contributed by atoms with Crippen molar-refractivity contribution in [3.05, 3.63) is 70.8 Å². The van der Waals surface area contributed by atoms with Crippen LogP contribution in [0.25, 0.3) is 0 Å². The predicted octanol–water partition coefficient (Wildman–Crippen LogP) is 5.45. The maximum atomic E-state index is 14.2. The lowest BCUT2D eigenvalue weighted by Gasteiger charge is -2.37. The Bertz CT molecular complexity index is 777. The van der Waals surface area contributed by atoms with Crippen molar-refractivity contribution >= 4 is 0 Å². The third kappa shape index (κ3) is 3.27. The monoisotopic (exact) mass is 384 g/mol. The number of hydrogen-bond donors (Lipinski definition) is 1. The van der Waals surface area contributed by atoms with Gasteiger partial charge < -0.3 is 5.11 Å². The van der Waals surface area contributed by atoms with Crippen molar-refractivity contribution in [1.82, 2.24) is 0 Å². The minimum absolute atomic E-state index is 0.283. The van der Waals surface area contributed by atoms with E-state index in [0.717, 1.165) is 18.2 Å². The Balaban J connectivity index is 2.73. The zero-order valence-corrected chi connectivity index (χ0v) is 13.1. The van der Waals surface area contributed by atoms with Gasteiger partial charge >= 0.3 is 18.3 Å². The minimum atomic E-state index is -6.14. The van der Waals surface area contributed by atoms with Crippen molar-refractivity contribution in [3.8, 4) is 0 Å². The van der Waals surface area contributed by atoms with Crippen molar-refractivity contribution < 1.29 is 40.2 Å². The number of halogens is 8. The van der Waals surface area contributed by atoms with E-state index in [0.29, 0.717) is 24.3 Å². The number of aryl methyl sites for hydroxylation is 1. The fourth-order valence-electron chi connectivity index (χ4n) is 2.50. The normalized spacial score (nSPS) is 15.6. The van der Waals surface area contributed by atoms with Gasteiger partial charge in [0.1, 0.15) is 0 Å². The Morgan fingerprint density at radius 2 is 1.19 bits per heavy atom. The zero-order valence-electron chi connectivity index (χ0n) is 13.1. The zero-order chi connectivity index (χ0) is 20.0. The summed E-state index contributed by atoms with van der Waals surface area (Å²) in [5.41, 5.74) is -6.67. The molecule has 0 radical (unpaired) electrons. The molecule has 0 aliphatic heterocycles. The molecule has 0 aromatic heterocycles. The van der Waals surface area contributed by atoms with Crippen molar-refractivity contribution in [2.24, 2.45) is 0 Å². The Morgan fingerprint density at radius 3 is 1.62 bits per heavy atom. The fourth-order valence-corrected chi connectivity index (χ4v) is 2.50. The summed E-state index contributed by atoms with van der Waals surface area (Å²) in [4.78, 5) is 0. The van der Waals surface area contributed by atoms with E-state index >= 15 is 0 Å². The van der Waals surface area contributed by atoms with Crippen molar-refractivity contribution in [1.29, 1.82) is 0 Å². The van der Waals surface area contributed by atoms with Crippen LogP contribution in [0.15, 0.2) is 48.5 Å². The van der Waals surface area contributed by atoms with Crippen LogP contribution in [0.3, 0.4) is 0 Å². The molecule has 0 spiro atoms. The van der Waals surface area contributed by atoms with Crippen LogP contribution in [0.5, 0.6) is 0 Å². The van der Waals surface area contributed by atoms with Gasteiger partial charge in [0.25, 0.3) is 0 Å². The van der Waals surface area contributed by atoms with Gasteiger partial charge in [0.05, 0.1) is 5.56 Å². The molecule has 0 fully saturated rings. The third-order valence-electron chi connectivity index (χ3n) is 3.88. The van der Waals surface area contributed by atoms with Gasteiger partial charge in [-0.2, -0.15) is 35.1 Å². The third-order valence-corrected chi connectivity index (χ3v) is 3.88. The average Bonchev–Trinajstić information content (AvgIpc) is 2.52. The van der Waals surface area contributed by atoms with Gasteiger partial charge in [-0.05, 0) is 30.2 Å². The van der Waals surface area contributed by atoms with E-state index in [2.05, 4.69) is 0 Å². The molecule has 1 N–H and O–H groups in total. The first-order valence-corrected chi connectivity index (χ1v) is 7.13. The quantitative estimate of drug-likeness (QED) is 0.698. The van der Waals surface area contributed by atoms with Crippen molar-refractivity contribution in [2.75, 3.05) is 0 Å². The summed E-state index contributed by atoms with van der Waals surface area (Å²) in [7, 11) is 0. The molecule has 0 saturated carbocycles. The van der Waals surface area contributed by atoms with Crippen LogP contribution < -0.4 is 0 Å². The minimum Gasteiger partial charge on any atom is -0.374 e. The van der Waals surface area contributed by atoms with Crippen LogP contribution in [-0.4, -0.2) is 17.2 Å². The predicted molar refractivity (Wildman–Crippen MR) is 76.6 cm³/mol. The topological polar surface area (TPSA) is 20.2 Å². The Hall–Kier alpha value is -2.16. The summed E-state index contributed by atoms with van der Waals surface area (Å²) in [6.07, 6.45) is -11.0. The second-order valence-corrected chi connectivity index (χ2v) is 5.73. The number of hydrogen-bond acceptors (Lipinski definition) is 1. The van der Waals surface area contributed by atoms with E-state index in [-0.39, 0.29) is 5.56 Å². The fraction of sp³-hybridized carbons (Fsp3) is 0.294. The molecule has 2 aromatic carbocycles. The van der Waals surface area contributed by atoms with Gasteiger partial charge in [-0.3, -0.25) is 0 Å². The molecule has 0 aliphatic carbocycles. The van der Waals surface area contributed by atoms with Crippen LogP contribution >= 0.6 is 0 Å². The first-order chi connectivity index (χ1) is 11.7. The summed E-state index contributed by atoms with van der Waals surface area (Å²) in [6, 6.07) is 5.82. The standard InChI is InChI=1S/C17H12F8O/c1-10-3-2-4-13(9-10)14(26,16(21,22)17(23,24)25)11-5-7-12(8-6-11)15(18,19)20/h2-9,26H,1H3. The molecule has 26 heavy (non-hydrogen) atoms. The molecule has 1 unspecified atom stereocenters. The smallest absolute Gasteiger partial charge is 0.374 e. The van der Waals surface area contributed by atoms with Crippen LogP contribution in [0.1, 0.15) is 22.3 Å². The maximum Gasteiger partial charge on any atom is 0.457 e. The molecule has 0 aliphatic rings. The largest absolute Gasteiger partial charge is 0.457 e. The Morgan fingerprint density at radius 1 is 0.692 bits per heavy atom. The molecule has 0 saturated heterocycles. The van der Waals surface area contributed by atoms with Gasteiger partial charge in [0.15, 0.2) is 5.60 Å². The molecule has 0 amide bonds. The molecule has 2 aromatic rings. The first-order valence-electron chi connectivity index (χ1n) is 7.13. The maximum absolute atomic E-state index is 14.2. The average molecular weight is 384 g/mol. The van der Waals surface area contributed by atoms with Crippen molar-refractivity contribution in [2.45, 2.75) is 30.8 Å². The molecule has 142 valence electrons. The van der Waals surface area contributed by atoms with Gasteiger partial charge in [-0.15, -0.1) is 0 Å². The van der Waals surface area contributed by atoms with E-state index in [1.165, 1.54) is 13.0 Å². The number of alkyl halides is 8. The van der Waals surface area contributed by atoms with Crippen LogP contribution in [0.2, 0.25) is 0 Å². The molecule has 0 heterocycles. The van der Waals surface area contributed by atoms with E-state index in [1.807, 2.05) is 0 Å². The molecule has 9 heteroatoms. The summed E-state index contributed by atoms with van der Waals surface area (Å²) in [5, 5.41) is 10.5. The summed E-state index contributed by atoms with van der Waals surface area (Å²) in [5.74, 6) is -5.66. The van der Waals surface area contributed by atoms with E-state index < -0.39 is 40.6 Å². The lowest BCUT2D eigenvalue weighted by atomic mass is 9.79. The van der Waals surface area contributed by atoms with Gasteiger partial charge in [-0.25, -0.2) is 0 Å². The second-order valence-electron chi connectivity index (χ2n) is 5.73. The SMILES string of the molecule is Cc1cccc(C(O)(c2ccc(C(F)(F)F)cc2)C(F)(F)C(F)(F)F)c1. The highest BCUT2D eigenvalue weighted by atomic mass is 19.4. The molecule has 1 atom stereocenters.